The average Bonchev–Trinajstić information content (AvgIpc) is 2.96. The summed E-state index contributed by atoms with van der Waals surface area (Å²) in [5.74, 6) is -0.126. The standard InChI is InChI=1S/C16H13NO3S/c1-20-12-6-5-10-3-2-4-11(13(10)8-12)7-15-17-9-14(21-15)16(18)19/h2-6,8-9H,7H2,1H3,(H,18,19). The number of ether oxygens (including phenoxy) is 1. The summed E-state index contributed by atoms with van der Waals surface area (Å²) in [5.41, 5.74) is 1.11. The van der Waals surface area contributed by atoms with Gasteiger partial charge in [-0.3, -0.25) is 0 Å². The maximum Gasteiger partial charge on any atom is 0.347 e. The molecule has 0 aliphatic carbocycles. The molecule has 21 heavy (non-hydrogen) atoms. The van der Waals surface area contributed by atoms with Gasteiger partial charge in [-0.05, 0) is 28.5 Å². The van der Waals surface area contributed by atoms with Crippen molar-refractivity contribution < 1.29 is 14.6 Å². The fraction of sp³-hybridized carbons (Fsp3) is 0.125. The van der Waals surface area contributed by atoms with Crippen LogP contribution in [-0.4, -0.2) is 23.2 Å². The summed E-state index contributed by atoms with van der Waals surface area (Å²) >= 11 is 1.21. The van der Waals surface area contributed by atoms with Crippen molar-refractivity contribution in [3.05, 3.63) is 58.0 Å². The minimum atomic E-state index is -0.932. The molecule has 0 fully saturated rings. The Bertz CT molecular complexity index is 810. The predicted octanol–water partition coefficient (Wildman–Crippen LogP) is 3.59. The predicted molar refractivity (Wildman–Crippen MR) is 82.4 cm³/mol. The molecule has 1 aromatic heterocycles. The molecule has 4 nitrogen and oxygen atoms in total. The summed E-state index contributed by atoms with van der Waals surface area (Å²) in [6.07, 6.45) is 2.02. The monoisotopic (exact) mass is 299 g/mol. The van der Waals surface area contributed by atoms with E-state index in [0.717, 1.165) is 27.1 Å². The molecule has 0 unspecified atom stereocenters. The quantitative estimate of drug-likeness (QED) is 0.799. The van der Waals surface area contributed by atoms with Crippen LogP contribution in [0.5, 0.6) is 5.75 Å². The summed E-state index contributed by atoms with van der Waals surface area (Å²) in [5, 5.41) is 12.0. The number of rotatable bonds is 4. The van der Waals surface area contributed by atoms with Crippen LogP contribution in [-0.2, 0) is 6.42 Å². The van der Waals surface area contributed by atoms with Crippen LogP contribution < -0.4 is 4.74 Å². The Kier molecular flexibility index (Phi) is 3.58. The van der Waals surface area contributed by atoms with E-state index < -0.39 is 5.97 Å². The van der Waals surface area contributed by atoms with E-state index in [1.807, 2.05) is 36.4 Å². The van der Waals surface area contributed by atoms with Crippen molar-refractivity contribution in [2.75, 3.05) is 7.11 Å². The maximum absolute atomic E-state index is 10.9. The Morgan fingerprint density at radius 3 is 2.90 bits per heavy atom. The number of aromatic nitrogens is 1. The number of hydrogen-bond donors (Lipinski definition) is 1. The van der Waals surface area contributed by atoms with Gasteiger partial charge in [0.25, 0.3) is 0 Å². The third kappa shape index (κ3) is 2.73. The van der Waals surface area contributed by atoms with Gasteiger partial charge in [-0.15, -0.1) is 11.3 Å². The molecule has 5 heteroatoms. The van der Waals surface area contributed by atoms with Crippen molar-refractivity contribution in [2.24, 2.45) is 0 Å². The minimum absolute atomic E-state index is 0.266. The van der Waals surface area contributed by atoms with Crippen LogP contribution in [0.1, 0.15) is 20.2 Å². The molecule has 0 bridgehead atoms. The third-order valence-corrected chi connectivity index (χ3v) is 4.27. The number of carbonyl (C=O) groups is 1. The van der Waals surface area contributed by atoms with Gasteiger partial charge in [0.05, 0.1) is 18.3 Å². The van der Waals surface area contributed by atoms with Gasteiger partial charge in [-0.25, -0.2) is 9.78 Å². The van der Waals surface area contributed by atoms with Crippen molar-refractivity contribution in [1.29, 1.82) is 0 Å². The van der Waals surface area contributed by atoms with Crippen LogP contribution in [0.4, 0.5) is 0 Å². The molecule has 0 saturated heterocycles. The van der Waals surface area contributed by atoms with E-state index >= 15 is 0 Å². The maximum atomic E-state index is 10.9. The van der Waals surface area contributed by atoms with Gasteiger partial charge in [-0.2, -0.15) is 0 Å². The lowest BCUT2D eigenvalue weighted by Gasteiger charge is -2.07. The Balaban J connectivity index is 2.00. The molecular weight excluding hydrogens is 286 g/mol. The van der Waals surface area contributed by atoms with Crippen LogP contribution in [0.25, 0.3) is 10.8 Å². The van der Waals surface area contributed by atoms with Gasteiger partial charge in [0.1, 0.15) is 10.6 Å². The second kappa shape index (κ2) is 5.54. The lowest BCUT2D eigenvalue weighted by atomic mass is 10.0. The highest BCUT2D eigenvalue weighted by molar-refractivity contribution is 7.13. The first kappa shape index (κ1) is 13.6. The first-order valence-electron chi connectivity index (χ1n) is 6.41. The van der Waals surface area contributed by atoms with Crippen molar-refractivity contribution in [1.82, 2.24) is 4.98 Å². The largest absolute Gasteiger partial charge is 0.497 e. The number of methoxy groups -OCH3 is 1. The summed E-state index contributed by atoms with van der Waals surface area (Å²) in [6, 6.07) is 12.0. The topological polar surface area (TPSA) is 59.4 Å². The van der Waals surface area contributed by atoms with Crippen LogP contribution in [0, 0.1) is 0 Å². The summed E-state index contributed by atoms with van der Waals surface area (Å²) in [6.45, 7) is 0. The fourth-order valence-electron chi connectivity index (χ4n) is 2.25. The van der Waals surface area contributed by atoms with Gasteiger partial charge in [-0.1, -0.05) is 24.3 Å². The summed E-state index contributed by atoms with van der Waals surface area (Å²) in [4.78, 5) is 15.4. The molecule has 0 aliphatic rings. The van der Waals surface area contributed by atoms with Crippen molar-refractivity contribution in [3.8, 4) is 5.75 Å². The van der Waals surface area contributed by atoms with Gasteiger partial charge >= 0.3 is 5.97 Å². The molecule has 0 aliphatic heterocycles. The fourth-order valence-corrected chi connectivity index (χ4v) is 3.03. The highest BCUT2D eigenvalue weighted by Gasteiger charge is 2.10. The van der Waals surface area contributed by atoms with E-state index in [0.29, 0.717) is 6.42 Å². The molecule has 3 rings (SSSR count). The second-order valence-electron chi connectivity index (χ2n) is 4.60. The lowest BCUT2D eigenvalue weighted by Crippen LogP contribution is -1.90. The second-order valence-corrected chi connectivity index (χ2v) is 5.72. The van der Waals surface area contributed by atoms with Crippen molar-refractivity contribution >= 4 is 28.1 Å². The molecule has 0 spiro atoms. The van der Waals surface area contributed by atoms with Crippen LogP contribution >= 0.6 is 11.3 Å². The number of nitrogens with zero attached hydrogens (tertiary/aromatic N) is 1. The minimum Gasteiger partial charge on any atom is -0.497 e. The highest BCUT2D eigenvalue weighted by Crippen LogP contribution is 2.26. The van der Waals surface area contributed by atoms with Gasteiger partial charge < -0.3 is 9.84 Å². The van der Waals surface area contributed by atoms with E-state index in [9.17, 15) is 4.79 Å². The van der Waals surface area contributed by atoms with E-state index in [1.54, 1.807) is 7.11 Å². The zero-order valence-corrected chi connectivity index (χ0v) is 12.2. The highest BCUT2D eigenvalue weighted by atomic mass is 32.1. The average molecular weight is 299 g/mol. The van der Waals surface area contributed by atoms with Gasteiger partial charge in [0, 0.05) is 6.42 Å². The van der Waals surface area contributed by atoms with E-state index in [1.165, 1.54) is 17.5 Å². The van der Waals surface area contributed by atoms with Crippen LogP contribution in [0.3, 0.4) is 0 Å². The third-order valence-electron chi connectivity index (χ3n) is 3.29. The molecule has 2 aromatic carbocycles. The first-order chi connectivity index (χ1) is 10.2. The molecule has 0 atom stereocenters. The van der Waals surface area contributed by atoms with E-state index in [4.69, 9.17) is 9.84 Å². The molecule has 106 valence electrons. The summed E-state index contributed by atoms with van der Waals surface area (Å²) < 4.78 is 5.27. The van der Waals surface area contributed by atoms with Crippen molar-refractivity contribution in [3.63, 3.8) is 0 Å². The Labute approximate surface area is 125 Å². The SMILES string of the molecule is COc1ccc2cccc(Cc3ncc(C(=O)O)s3)c2c1. The molecule has 1 heterocycles. The summed E-state index contributed by atoms with van der Waals surface area (Å²) in [7, 11) is 1.64. The number of fused-ring (bicyclic) bond motifs is 1. The normalized spacial score (nSPS) is 10.7. The van der Waals surface area contributed by atoms with Gasteiger partial charge in [0.2, 0.25) is 0 Å². The zero-order chi connectivity index (χ0) is 14.8. The molecule has 0 saturated carbocycles. The zero-order valence-electron chi connectivity index (χ0n) is 11.4. The number of hydrogen-bond acceptors (Lipinski definition) is 4. The molecule has 3 aromatic rings. The number of thiazole rings is 1. The molecular formula is C16H13NO3S. The Morgan fingerprint density at radius 2 is 2.19 bits per heavy atom. The van der Waals surface area contributed by atoms with E-state index in [2.05, 4.69) is 4.98 Å². The van der Waals surface area contributed by atoms with Crippen LogP contribution in [0.15, 0.2) is 42.6 Å². The number of benzene rings is 2. The number of aromatic carboxylic acids is 1. The lowest BCUT2D eigenvalue weighted by molar-refractivity contribution is 0.0702. The Morgan fingerprint density at radius 1 is 1.33 bits per heavy atom. The molecule has 0 amide bonds. The smallest absolute Gasteiger partial charge is 0.347 e. The molecule has 1 N–H and O–H groups in total. The first-order valence-corrected chi connectivity index (χ1v) is 7.22. The van der Waals surface area contributed by atoms with Gasteiger partial charge in [0.15, 0.2) is 0 Å². The van der Waals surface area contributed by atoms with Crippen LogP contribution in [0.2, 0.25) is 0 Å². The number of carboxylic acids is 1. The number of carboxylic acid groups (broad SMARTS) is 1. The Hall–Kier alpha value is -2.40. The molecule has 0 radical (unpaired) electrons. The van der Waals surface area contributed by atoms with E-state index in [-0.39, 0.29) is 4.88 Å². The van der Waals surface area contributed by atoms with Crippen molar-refractivity contribution in [2.45, 2.75) is 6.42 Å².